The van der Waals surface area contributed by atoms with E-state index in [9.17, 15) is 24.0 Å². The van der Waals surface area contributed by atoms with Crippen LogP contribution in [0.2, 0.25) is 18.1 Å². The summed E-state index contributed by atoms with van der Waals surface area (Å²) >= 11 is 0. The quantitative estimate of drug-likeness (QED) is 0.174. The minimum absolute atomic E-state index is 0.0465. The molecule has 0 aromatic heterocycles. The van der Waals surface area contributed by atoms with Crippen LogP contribution >= 0.6 is 0 Å². The summed E-state index contributed by atoms with van der Waals surface area (Å²) in [5, 5.41) is 2.69. The maximum Gasteiger partial charge on any atom is 0.303 e. The lowest BCUT2D eigenvalue weighted by atomic mass is 9.94. The van der Waals surface area contributed by atoms with E-state index in [2.05, 4.69) is 46.1 Å². The lowest BCUT2D eigenvalue weighted by Gasteiger charge is -2.53. The van der Waals surface area contributed by atoms with Gasteiger partial charge in [-0.1, -0.05) is 58.0 Å². The molecule has 302 valence electrons. The van der Waals surface area contributed by atoms with E-state index in [0.29, 0.717) is 5.56 Å². The van der Waals surface area contributed by atoms with E-state index in [0.717, 1.165) is 20.8 Å². The van der Waals surface area contributed by atoms with Crippen LogP contribution in [0.1, 0.15) is 74.2 Å². The van der Waals surface area contributed by atoms with Gasteiger partial charge in [0, 0.05) is 40.2 Å². The van der Waals surface area contributed by atoms with E-state index >= 15 is 0 Å². The Morgan fingerprint density at radius 1 is 0.796 bits per heavy atom. The van der Waals surface area contributed by atoms with Crippen molar-refractivity contribution in [1.82, 2.24) is 5.32 Å². The second kappa shape index (κ2) is 18.0. The van der Waals surface area contributed by atoms with Crippen molar-refractivity contribution in [3.8, 4) is 0 Å². The molecule has 16 nitrogen and oxygen atoms in total. The fraction of sp³-hybridized carbons (Fsp3) is 0.703. The molecule has 1 aromatic rings. The number of hydrogen-bond acceptors (Lipinski definition) is 15. The summed E-state index contributed by atoms with van der Waals surface area (Å²) in [5.74, 6) is -3.23. The highest BCUT2D eigenvalue weighted by Crippen LogP contribution is 2.47. The van der Waals surface area contributed by atoms with Crippen LogP contribution in [0.3, 0.4) is 0 Å². The summed E-state index contributed by atoms with van der Waals surface area (Å²) in [5.41, 5.74) is 0.712. The van der Waals surface area contributed by atoms with Gasteiger partial charge in [-0.25, -0.2) is 0 Å². The zero-order valence-corrected chi connectivity index (χ0v) is 33.9. The van der Waals surface area contributed by atoms with Gasteiger partial charge in [0.2, 0.25) is 5.91 Å². The van der Waals surface area contributed by atoms with Gasteiger partial charge in [0.05, 0.1) is 6.61 Å². The standard InChI is InChI=1S/C37H55NO15Si/c1-19(2)37(8,9)54(10,11)53-35-28(38-20(3)39)31(29-27(49-35)18-45-34(51-29)25-15-13-12-14-16-25)52-36-33(48-24(7)43)32(47-23(6)42)30(46-22(5)41)26(50-36)17-44-21(4)40/h12-16,19,26-36H,17-18H2,1-11H3,(H,38,39)/t26-,27-,28-,29-,30+,31-,32+,33-,34-,35+,36+/m1/s1. The average Bonchev–Trinajstić information content (AvgIpc) is 3.07. The second-order valence-corrected chi connectivity index (χ2v) is 19.7. The Morgan fingerprint density at radius 3 is 1.94 bits per heavy atom. The van der Waals surface area contributed by atoms with Crippen molar-refractivity contribution in [2.45, 2.75) is 148 Å². The molecule has 1 amide bonds. The van der Waals surface area contributed by atoms with Gasteiger partial charge in [0.25, 0.3) is 0 Å². The molecule has 0 bridgehead atoms. The number of carbonyl (C=O) groups is 5. The molecule has 3 saturated heterocycles. The predicted octanol–water partition coefficient (Wildman–Crippen LogP) is 3.46. The summed E-state index contributed by atoms with van der Waals surface area (Å²) < 4.78 is 61.4. The minimum atomic E-state index is -2.67. The number of rotatable bonds is 13. The van der Waals surface area contributed by atoms with Crippen molar-refractivity contribution in [1.29, 1.82) is 0 Å². The van der Waals surface area contributed by atoms with E-state index in [1.807, 2.05) is 30.3 Å². The molecule has 3 aliphatic heterocycles. The van der Waals surface area contributed by atoms with Gasteiger partial charge in [0.1, 0.15) is 37.1 Å². The molecule has 1 N–H and O–H groups in total. The maximum atomic E-state index is 13.0. The third-order valence-corrected chi connectivity index (χ3v) is 14.9. The van der Waals surface area contributed by atoms with Gasteiger partial charge in [-0.05, 0) is 24.1 Å². The Balaban J connectivity index is 1.84. The van der Waals surface area contributed by atoms with E-state index in [4.69, 9.17) is 47.1 Å². The maximum absolute atomic E-state index is 13.0. The number of fused-ring (bicyclic) bond motifs is 1. The van der Waals surface area contributed by atoms with E-state index in [1.165, 1.54) is 13.8 Å². The van der Waals surface area contributed by atoms with Crippen molar-refractivity contribution in [2.24, 2.45) is 5.92 Å². The third-order valence-electron chi connectivity index (χ3n) is 10.4. The van der Waals surface area contributed by atoms with Gasteiger partial charge in [-0.2, -0.15) is 0 Å². The molecular formula is C37H55NO15Si. The normalized spacial score (nSPS) is 31.4. The van der Waals surface area contributed by atoms with Crippen molar-refractivity contribution in [3.05, 3.63) is 35.9 Å². The van der Waals surface area contributed by atoms with Crippen LogP contribution in [0, 0.1) is 5.92 Å². The summed E-state index contributed by atoms with van der Waals surface area (Å²) in [6, 6.07) is 8.16. The van der Waals surface area contributed by atoms with Crippen LogP contribution in [0.5, 0.6) is 0 Å². The fourth-order valence-electron chi connectivity index (χ4n) is 6.59. The molecule has 0 unspecified atom stereocenters. The van der Waals surface area contributed by atoms with Crippen molar-refractivity contribution in [2.75, 3.05) is 13.2 Å². The Labute approximate surface area is 317 Å². The first-order valence-electron chi connectivity index (χ1n) is 18.1. The van der Waals surface area contributed by atoms with Crippen LogP contribution in [-0.2, 0) is 71.0 Å². The summed E-state index contributed by atoms with van der Waals surface area (Å²) in [7, 11) is -2.67. The van der Waals surface area contributed by atoms with Gasteiger partial charge < -0.3 is 52.4 Å². The summed E-state index contributed by atoms with van der Waals surface area (Å²) in [6.07, 6.45) is -12.1. The molecule has 3 heterocycles. The number of esters is 4. The molecule has 1 aromatic carbocycles. The van der Waals surface area contributed by atoms with Crippen molar-refractivity contribution in [3.63, 3.8) is 0 Å². The van der Waals surface area contributed by atoms with E-state index in [-0.39, 0.29) is 17.6 Å². The van der Waals surface area contributed by atoms with Crippen LogP contribution < -0.4 is 5.32 Å². The molecule has 0 radical (unpaired) electrons. The average molecular weight is 782 g/mol. The zero-order valence-electron chi connectivity index (χ0n) is 32.9. The highest BCUT2D eigenvalue weighted by Gasteiger charge is 2.59. The third kappa shape index (κ3) is 10.4. The predicted molar refractivity (Wildman–Crippen MR) is 191 cm³/mol. The molecule has 0 saturated carbocycles. The first-order chi connectivity index (χ1) is 25.2. The van der Waals surface area contributed by atoms with Gasteiger partial charge in [-0.3, -0.25) is 24.0 Å². The molecule has 3 aliphatic rings. The topological polar surface area (TPSA) is 190 Å². The first-order valence-corrected chi connectivity index (χ1v) is 21.0. The first kappa shape index (κ1) is 43.3. The van der Waals surface area contributed by atoms with Crippen LogP contribution in [0.25, 0.3) is 0 Å². The number of amides is 1. The zero-order chi connectivity index (χ0) is 40.1. The van der Waals surface area contributed by atoms with Crippen molar-refractivity contribution < 1.29 is 71.0 Å². The summed E-state index contributed by atoms with van der Waals surface area (Å²) in [4.78, 5) is 62.3. The van der Waals surface area contributed by atoms with Crippen LogP contribution in [-0.4, -0.2) is 113 Å². The Kier molecular flexibility index (Phi) is 14.4. The van der Waals surface area contributed by atoms with E-state index < -0.39 is 112 Å². The van der Waals surface area contributed by atoms with Crippen LogP contribution in [0.15, 0.2) is 30.3 Å². The number of hydrogen-bond donors (Lipinski definition) is 1. The minimum Gasteiger partial charge on any atom is -0.463 e. The number of ether oxygens (including phenoxy) is 9. The molecule has 0 aliphatic carbocycles. The highest BCUT2D eigenvalue weighted by atomic mass is 28.4. The summed E-state index contributed by atoms with van der Waals surface area (Å²) in [6.45, 7) is 18.1. The van der Waals surface area contributed by atoms with E-state index in [1.54, 1.807) is 0 Å². The molecule has 17 heteroatoms. The number of nitrogens with one attached hydrogen (secondary N) is 1. The van der Waals surface area contributed by atoms with Gasteiger partial charge >= 0.3 is 23.9 Å². The molecule has 11 atom stereocenters. The SMILES string of the molecule is CC(=O)N[C@H]1[C@H](O[Si](C)(C)C(C)(C)C(C)C)O[C@@H]2CO[C@@H](c3ccccc3)O[C@H]2[C@@H]1O[C@@H]1O[C@H](COC(C)=O)[C@H](OC(C)=O)[C@H](OC(C)=O)[C@H]1OC(C)=O. The highest BCUT2D eigenvalue weighted by molar-refractivity contribution is 6.74. The van der Waals surface area contributed by atoms with Gasteiger partial charge in [0.15, 0.2) is 45.5 Å². The van der Waals surface area contributed by atoms with Crippen molar-refractivity contribution >= 4 is 38.1 Å². The second-order valence-electron chi connectivity index (χ2n) is 15.1. The molecule has 3 fully saturated rings. The van der Waals surface area contributed by atoms with Crippen LogP contribution in [0.4, 0.5) is 0 Å². The molecular weight excluding hydrogens is 726 g/mol. The largest absolute Gasteiger partial charge is 0.463 e. The number of carbonyl (C=O) groups excluding carboxylic acids is 5. The lowest BCUT2D eigenvalue weighted by molar-refractivity contribution is -0.373. The fourth-order valence-corrected chi connectivity index (χ4v) is 9.07. The lowest BCUT2D eigenvalue weighted by Crippen LogP contribution is -2.71. The Morgan fingerprint density at radius 2 is 1.39 bits per heavy atom. The smallest absolute Gasteiger partial charge is 0.303 e. The Hall–Kier alpha value is -3.45. The molecule has 4 rings (SSSR count). The number of benzene rings is 1. The molecule has 0 spiro atoms. The Bertz CT molecular complexity index is 1490. The molecule has 54 heavy (non-hydrogen) atoms. The monoisotopic (exact) mass is 781 g/mol. The van der Waals surface area contributed by atoms with Gasteiger partial charge in [-0.15, -0.1) is 0 Å².